The number of rotatable bonds is 4. The van der Waals surface area contributed by atoms with E-state index in [1.54, 1.807) is 0 Å². The lowest BCUT2D eigenvalue weighted by Gasteiger charge is -2.34. The molecule has 3 rings (SSSR count). The number of piperidine rings is 1. The summed E-state index contributed by atoms with van der Waals surface area (Å²) in [6.45, 7) is 8.60. The van der Waals surface area contributed by atoms with Crippen LogP contribution < -0.4 is 0 Å². The number of amides is 1. The van der Waals surface area contributed by atoms with Crippen LogP contribution in [-0.4, -0.2) is 37.7 Å². The van der Waals surface area contributed by atoms with E-state index >= 15 is 0 Å². The van der Waals surface area contributed by atoms with Crippen molar-refractivity contribution in [2.75, 3.05) is 6.54 Å². The molecule has 0 saturated carbocycles. The average Bonchev–Trinajstić information content (AvgIpc) is 3.17. The molecule has 1 fully saturated rings. The normalized spacial score (nSPS) is 18.4. The standard InChI is InChI=1S/C17H25N5O2/c1-10(2)16-18-17(20-19-16)14-7-5-6-8-22(14)15(23)9-13-11(3)21-24-12(13)4/h10,14H,5-9H2,1-4H3,(H,18,19,20)/t14-/m1/s1. The number of hydrogen-bond donors (Lipinski definition) is 1. The lowest BCUT2D eigenvalue weighted by Crippen LogP contribution is -2.40. The summed E-state index contributed by atoms with van der Waals surface area (Å²) >= 11 is 0. The molecule has 0 aromatic carbocycles. The van der Waals surface area contributed by atoms with E-state index in [2.05, 4.69) is 34.2 Å². The van der Waals surface area contributed by atoms with Gasteiger partial charge in [-0.25, -0.2) is 4.98 Å². The zero-order valence-corrected chi connectivity index (χ0v) is 14.8. The van der Waals surface area contributed by atoms with Crippen LogP contribution in [0.4, 0.5) is 0 Å². The predicted molar refractivity (Wildman–Crippen MR) is 88.5 cm³/mol. The van der Waals surface area contributed by atoms with Crippen molar-refractivity contribution in [3.63, 3.8) is 0 Å². The molecule has 3 heterocycles. The van der Waals surface area contributed by atoms with Gasteiger partial charge >= 0.3 is 0 Å². The fourth-order valence-corrected chi connectivity index (χ4v) is 3.22. The van der Waals surface area contributed by atoms with Gasteiger partial charge in [-0.05, 0) is 33.1 Å². The van der Waals surface area contributed by atoms with Gasteiger partial charge in [-0.3, -0.25) is 9.89 Å². The molecule has 2 aromatic rings. The van der Waals surface area contributed by atoms with Crippen LogP contribution in [0.1, 0.15) is 73.7 Å². The molecule has 7 nitrogen and oxygen atoms in total. The molecule has 0 spiro atoms. The second-order valence-corrected chi connectivity index (χ2v) is 6.81. The number of H-pyrrole nitrogens is 1. The van der Waals surface area contributed by atoms with Gasteiger partial charge in [-0.1, -0.05) is 19.0 Å². The Balaban J connectivity index is 1.79. The van der Waals surface area contributed by atoms with Crippen molar-refractivity contribution in [3.8, 4) is 0 Å². The lowest BCUT2D eigenvalue weighted by atomic mass is 10.00. The number of nitrogens with one attached hydrogen (secondary N) is 1. The highest BCUT2D eigenvalue weighted by atomic mass is 16.5. The number of aryl methyl sites for hydroxylation is 2. The summed E-state index contributed by atoms with van der Waals surface area (Å²) in [5.74, 6) is 2.68. The Kier molecular flexibility index (Phi) is 4.69. The predicted octanol–water partition coefficient (Wildman–Crippen LogP) is 2.83. The van der Waals surface area contributed by atoms with Crippen molar-refractivity contribution in [1.29, 1.82) is 0 Å². The van der Waals surface area contributed by atoms with Gasteiger partial charge in [-0.2, -0.15) is 5.10 Å². The zero-order chi connectivity index (χ0) is 17.3. The minimum atomic E-state index is -0.0216. The third kappa shape index (κ3) is 3.20. The maximum Gasteiger partial charge on any atom is 0.227 e. The second-order valence-electron chi connectivity index (χ2n) is 6.81. The molecule has 1 amide bonds. The van der Waals surface area contributed by atoms with Crippen molar-refractivity contribution < 1.29 is 9.32 Å². The van der Waals surface area contributed by atoms with Crippen molar-refractivity contribution in [2.45, 2.75) is 65.3 Å². The molecule has 0 bridgehead atoms. The molecular weight excluding hydrogens is 306 g/mol. The fraction of sp³-hybridized carbons (Fsp3) is 0.647. The molecule has 1 saturated heterocycles. The van der Waals surface area contributed by atoms with E-state index in [0.717, 1.165) is 54.5 Å². The summed E-state index contributed by atoms with van der Waals surface area (Å²) in [6.07, 6.45) is 3.36. The van der Waals surface area contributed by atoms with Gasteiger partial charge in [0.25, 0.3) is 0 Å². The van der Waals surface area contributed by atoms with Gasteiger partial charge in [0.15, 0.2) is 5.82 Å². The Morgan fingerprint density at radius 1 is 1.38 bits per heavy atom. The third-order valence-corrected chi connectivity index (χ3v) is 4.68. The van der Waals surface area contributed by atoms with Gasteiger partial charge in [0, 0.05) is 18.0 Å². The molecule has 2 aromatic heterocycles. The lowest BCUT2D eigenvalue weighted by molar-refractivity contribution is -0.134. The first-order valence-electron chi connectivity index (χ1n) is 8.60. The van der Waals surface area contributed by atoms with Gasteiger partial charge in [0.2, 0.25) is 5.91 Å². The SMILES string of the molecule is Cc1noc(C)c1CC(=O)N1CCCC[C@@H]1c1nc(C(C)C)n[nH]1. The average molecular weight is 331 g/mol. The number of aromatic amines is 1. The number of carbonyl (C=O) groups is 1. The molecule has 1 aliphatic rings. The minimum Gasteiger partial charge on any atom is -0.361 e. The van der Waals surface area contributed by atoms with Crippen LogP contribution in [0.5, 0.6) is 0 Å². The largest absolute Gasteiger partial charge is 0.361 e. The highest BCUT2D eigenvalue weighted by Crippen LogP contribution is 2.30. The number of carbonyl (C=O) groups excluding carboxylic acids is 1. The Morgan fingerprint density at radius 3 is 2.79 bits per heavy atom. The first kappa shape index (κ1) is 16.7. The van der Waals surface area contributed by atoms with Gasteiger partial charge in [0.1, 0.15) is 11.6 Å². The summed E-state index contributed by atoms with van der Waals surface area (Å²) in [5.41, 5.74) is 1.68. The number of aromatic nitrogens is 4. The Hall–Kier alpha value is -2.18. The molecule has 130 valence electrons. The van der Waals surface area contributed by atoms with Crippen LogP contribution in [0.15, 0.2) is 4.52 Å². The summed E-state index contributed by atoms with van der Waals surface area (Å²) in [4.78, 5) is 19.4. The molecule has 0 aliphatic carbocycles. The van der Waals surface area contributed by atoms with Crippen LogP contribution in [0, 0.1) is 13.8 Å². The topological polar surface area (TPSA) is 87.9 Å². The second kappa shape index (κ2) is 6.75. The number of nitrogens with zero attached hydrogens (tertiary/aromatic N) is 4. The minimum absolute atomic E-state index is 0.0216. The smallest absolute Gasteiger partial charge is 0.227 e. The first-order chi connectivity index (χ1) is 11.5. The molecule has 0 radical (unpaired) electrons. The molecule has 7 heteroatoms. The van der Waals surface area contributed by atoms with Crippen molar-refractivity contribution in [2.24, 2.45) is 0 Å². The van der Waals surface area contributed by atoms with E-state index in [1.807, 2.05) is 18.7 Å². The molecule has 1 aliphatic heterocycles. The first-order valence-corrected chi connectivity index (χ1v) is 8.60. The van der Waals surface area contributed by atoms with Gasteiger partial charge in [-0.15, -0.1) is 0 Å². The summed E-state index contributed by atoms with van der Waals surface area (Å²) < 4.78 is 5.18. The van der Waals surface area contributed by atoms with E-state index in [-0.39, 0.29) is 17.9 Å². The summed E-state index contributed by atoms with van der Waals surface area (Å²) in [7, 11) is 0. The van der Waals surface area contributed by atoms with E-state index in [0.29, 0.717) is 6.42 Å². The van der Waals surface area contributed by atoms with Crippen LogP contribution >= 0.6 is 0 Å². The Morgan fingerprint density at radius 2 is 2.17 bits per heavy atom. The zero-order valence-electron chi connectivity index (χ0n) is 14.8. The maximum atomic E-state index is 12.9. The Bertz CT molecular complexity index is 699. The highest BCUT2D eigenvalue weighted by Gasteiger charge is 2.31. The van der Waals surface area contributed by atoms with Gasteiger partial charge in [0.05, 0.1) is 18.2 Å². The number of hydrogen-bond acceptors (Lipinski definition) is 5. The van der Waals surface area contributed by atoms with Crippen LogP contribution in [-0.2, 0) is 11.2 Å². The van der Waals surface area contributed by atoms with Gasteiger partial charge < -0.3 is 9.42 Å². The fourth-order valence-electron chi connectivity index (χ4n) is 3.22. The summed E-state index contributed by atoms with van der Waals surface area (Å²) in [5, 5.41) is 11.3. The molecule has 1 atom stereocenters. The quantitative estimate of drug-likeness (QED) is 0.930. The van der Waals surface area contributed by atoms with E-state index in [4.69, 9.17) is 4.52 Å². The highest BCUT2D eigenvalue weighted by molar-refractivity contribution is 5.79. The van der Waals surface area contributed by atoms with Crippen molar-refractivity contribution >= 4 is 5.91 Å². The van der Waals surface area contributed by atoms with Crippen LogP contribution in [0.25, 0.3) is 0 Å². The van der Waals surface area contributed by atoms with Crippen LogP contribution in [0.2, 0.25) is 0 Å². The molecule has 24 heavy (non-hydrogen) atoms. The monoisotopic (exact) mass is 331 g/mol. The molecule has 0 unspecified atom stereocenters. The molecular formula is C17H25N5O2. The molecule has 1 N–H and O–H groups in total. The number of likely N-dealkylation sites (tertiary alicyclic amines) is 1. The van der Waals surface area contributed by atoms with E-state index < -0.39 is 0 Å². The van der Waals surface area contributed by atoms with E-state index in [1.165, 1.54) is 0 Å². The third-order valence-electron chi connectivity index (χ3n) is 4.68. The van der Waals surface area contributed by atoms with E-state index in [9.17, 15) is 4.79 Å². The summed E-state index contributed by atoms with van der Waals surface area (Å²) in [6, 6.07) is -0.0216. The Labute approximate surface area is 141 Å². The van der Waals surface area contributed by atoms with Crippen molar-refractivity contribution in [1.82, 2.24) is 25.2 Å². The van der Waals surface area contributed by atoms with Crippen LogP contribution in [0.3, 0.4) is 0 Å². The van der Waals surface area contributed by atoms with Crippen molar-refractivity contribution in [3.05, 3.63) is 28.7 Å². The maximum absolute atomic E-state index is 12.9.